The third-order valence-electron chi connectivity index (χ3n) is 6.53. The van der Waals surface area contributed by atoms with Gasteiger partial charge in [0.2, 0.25) is 0 Å². The van der Waals surface area contributed by atoms with Gasteiger partial charge in [-0.2, -0.15) is 0 Å². The molecule has 0 bridgehead atoms. The van der Waals surface area contributed by atoms with Crippen LogP contribution in [0.1, 0.15) is 81.0 Å². The molecule has 0 atom stereocenters. The minimum atomic E-state index is -0.517. The molecule has 8 nitrogen and oxygen atoms in total. The predicted molar refractivity (Wildman–Crippen MR) is 165 cm³/mol. The largest absolute Gasteiger partial charge is 0.490 e. The van der Waals surface area contributed by atoms with E-state index in [-0.39, 0.29) is 24.8 Å². The SMILES string of the molecule is CCCC(=O)c1ccc(OC(=O)c2ccc(OCCOc3ccc(C(=O)Oc4ccc(C(=O)CCC)cc4)cc3)cc2)cc1. The van der Waals surface area contributed by atoms with E-state index in [0.717, 1.165) is 12.8 Å². The summed E-state index contributed by atoms with van der Waals surface area (Å²) in [5.74, 6) is 0.919. The summed E-state index contributed by atoms with van der Waals surface area (Å²) in [6.45, 7) is 4.41. The second-order valence-electron chi connectivity index (χ2n) is 9.92. The molecule has 0 N–H and O–H groups in total. The van der Waals surface area contributed by atoms with Crippen LogP contribution in [-0.4, -0.2) is 36.7 Å². The van der Waals surface area contributed by atoms with Gasteiger partial charge in [-0.05, 0) is 110 Å². The molecule has 226 valence electrons. The fourth-order valence-electron chi connectivity index (χ4n) is 4.19. The van der Waals surface area contributed by atoms with Crippen molar-refractivity contribution in [3.8, 4) is 23.0 Å². The summed E-state index contributed by atoms with van der Waals surface area (Å²) < 4.78 is 22.2. The molecule has 44 heavy (non-hydrogen) atoms. The highest BCUT2D eigenvalue weighted by Gasteiger charge is 2.12. The number of hydrogen-bond donors (Lipinski definition) is 0. The highest BCUT2D eigenvalue weighted by molar-refractivity contribution is 5.97. The molecule has 4 aromatic rings. The first-order chi connectivity index (χ1) is 21.4. The van der Waals surface area contributed by atoms with Crippen LogP contribution in [0.5, 0.6) is 23.0 Å². The maximum atomic E-state index is 12.5. The topological polar surface area (TPSA) is 105 Å². The van der Waals surface area contributed by atoms with Gasteiger partial charge in [0.25, 0.3) is 0 Å². The lowest BCUT2D eigenvalue weighted by atomic mass is 10.1. The van der Waals surface area contributed by atoms with E-state index < -0.39 is 11.9 Å². The molecule has 4 aromatic carbocycles. The maximum absolute atomic E-state index is 12.5. The second-order valence-corrected chi connectivity index (χ2v) is 9.92. The molecule has 0 amide bonds. The minimum absolute atomic E-state index is 0.0584. The van der Waals surface area contributed by atoms with E-state index in [1.807, 2.05) is 13.8 Å². The fraction of sp³-hybridized carbons (Fsp3) is 0.222. The first-order valence-corrected chi connectivity index (χ1v) is 14.5. The molecular weight excluding hydrogens is 560 g/mol. The lowest BCUT2D eigenvalue weighted by Gasteiger charge is -2.10. The third kappa shape index (κ3) is 9.13. The molecule has 0 aromatic heterocycles. The summed E-state index contributed by atoms with van der Waals surface area (Å²) in [7, 11) is 0. The van der Waals surface area contributed by atoms with Crippen LogP contribution < -0.4 is 18.9 Å². The number of carbonyl (C=O) groups is 4. The van der Waals surface area contributed by atoms with Crippen molar-refractivity contribution in [1.29, 1.82) is 0 Å². The Morgan fingerprint density at radius 2 is 0.727 bits per heavy atom. The molecule has 0 aliphatic heterocycles. The molecule has 0 saturated heterocycles. The third-order valence-corrected chi connectivity index (χ3v) is 6.53. The zero-order chi connectivity index (χ0) is 31.3. The van der Waals surface area contributed by atoms with Gasteiger partial charge in [0, 0.05) is 24.0 Å². The molecule has 0 aliphatic carbocycles. The first-order valence-electron chi connectivity index (χ1n) is 14.5. The van der Waals surface area contributed by atoms with Crippen molar-refractivity contribution in [2.45, 2.75) is 39.5 Å². The molecule has 0 unspecified atom stereocenters. The van der Waals surface area contributed by atoms with Crippen LogP contribution in [0, 0.1) is 0 Å². The lowest BCUT2D eigenvalue weighted by Crippen LogP contribution is -2.11. The molecule has 0 radical (unpaired) electrons. The minimum Gasteiger partial charge on any atom is -0.490 e. The van der Waals surface area contributed by atoms with Crippen molar-refractivity contribution in [2.24, 2.45) is 0 Å². The Labute approximate surface area is 256 Å². The van der Waals surface area contributed by atoms with E-state index in [1.165, 1.54) is 0 Å². The summed E-state index contributed by atoms with van der Waals surface area (Å²) in [5.41, 5.74) is 1.90. The standard InChI is InChI=1S/C36H34O8/c1-3-5-33(37)25-7-19-31(20-8-25)43-35(39)27-11-15-29(16-12-27)41-23-24-42-30-17-13-28(14-18-30)36(40)44-32-21-9-26(10-22-32)34(38)6-4-2/h7-22H,3-6,23-24H2,1-2H3. The van der Waals surface area contributed by atoms with Gasteiger partial charge in [-0.15, -0.1) is 0 Å². The van der Waals surface area contributed by atoms with Crippen LogP contribution in [0.3, 0.4) is 0 Å². The van der Waals surface area contributed by atoms with Crippen molar-refractivity contribution in [3.63, 3.8) is 0 Å². The molecule has 8 heteroatoms. The number of hydrogen-bond acceptors (Lipinski definition) is 8. The van der Waals surface area contributed by atoms with Crippen LogP contribution in [0.4, 0.5) is 0 Å². The van der Waals surface area contributed by atoms with Crippen molar-refractivity contribution < 1.29 is 38.1 Å². The van der Waals surface area contributed by atoms with Crippen molar-refractivity contribution >= 4 is 23.5 Å². The predicted octanol–water partition coefficient (Wildman–Crippen LogP) is 7.55. The zero-order valence-corrected chi connectivity index (χ0v) is 24.7. The monoisotopic (exact) mass is 594 g/mol. The smallest absolute Gasteiger partial charge is 0.343 e. The number of esters is 2. The maximum Gasteiger partial charge on any atom is 0.343 e. The Morgan fingerprint density at radius 1 is 0.432 bits per heavy atom. The summed E-state index contributed by atoms with van der Waals surface area (Å²) in [4.78, 5) is 48.9. The Bertz CT molecular complexity index is 1430. The second kappa shape index (κ2) is 15.8. The van der Waals surface area contributed by atoms with Crippen LogP contribution >= 0.6 is 0 Å². The van der Waals surface area contributed by atoms with Gasteiger partial charge in [-0.25, -0.2) is 9.59 Å². The summed E-state index contributed by atoms with van der Waals surface area (Å²) in [6, 6.07) is 26.1. The molecule has 0 aliphatic rings. The number of ether oxygens (including phenoxy) is 4. The van der Waals surface area contributed by atoms with Crippen molar-refractivity contribution in [3.05, 3.63) is 119 Å². The van der Waals surface area contributed by atoms with Gasteiger partial charge in [0.05, 0.1) is 11.1 Å². The average molecular weight is 595 g/mol. The van der Waals surface area contributed by atoms with E-state index in [0.29, 0.717) is 58.1 Å². The van der Waals surface area contributed by atoms with Gasteiger partial charge < -0.3 is 18.9 Å². The van der Waals surface area contributed by atoms with Crippen molar-refractivity contribution in [1.82, 2.24) is 0 Å². The van der Waals surface area contributed by atoms with Crippen LogP contribution in [0.25, 0.3) is 0 Å². The molecule has 0 fully saturated rings. The number of benzene rings is 4. The molecule has 0 heterocycles. The number of Topliss-reactive ketones (excluding diaryl/α,β-unsaturated/α-hetero) is 2. The van der Waals surface area contributed by atoms with Gasteiger partial charge in [0.15, 0.2) is 11.6 Å². The van der Waals surface area contributed by atoms with Crippen molar-refractivity contribution in [2.75, 3.05) is 13.2 Å². The number of rotatable bonds is 15. The van der Waals surface area contributed by atoms with E-state index >= 15 is 0 Å². The molecule has 0 spiro atoms. The molecule has 4 rings (SSSR count). The molecule has 0 saturated carbocycles. The van der Waals surface area contributed by atoms with Gasteiger partial charge in [0.1, 0.15) is 36.2 Å². The molecular formula is C36H34O8. The van der Waals surface area contributed by atoms with Crippen LogP contribution in [0.2, 0.25) is 0 Å². The normalized spacial score (nSPS) is 10.5. The van der Waals surface area contributed by atoms with Crippen LogP contribution in [-0.2, 0) is 0 Å². The Kier molecular flexibility index (Phi) is 11.4. The zero-order valence-electron chi connectivity index (χ0n) is 24.7. The highest BCUT2D eigenvalue weighted by Crippen LogP contribution is 2.20. The number of carbonyl (C=O) groups excluding carboxylic acids is 4. The Hall–Kier alpha value is -5.24. The summed E-state index contributed by atoms with van der Waals surface area (Å²) in [5, 5.41) is 0. The Balaban J connectivity index is 1.18. The summed E-state index contributed by atoms with van der Waals surface area (Å²) in [6.07, 6.45) is 2.51. The lowest BCUT2D eigenvalue weighted by molar-refractivity contribution is 0.0725. The van der Waals surface area contributed by atoms with E-state index in [9.17, 15) is 19.2 Å². The van der Waals surface area contributed by atoms with E-state index in [1.54, 1.807) is 97.1 Å². The first kappa shape index (κ1) is 31.7. The van der Waals surface area contributed by atoms with Gasteiger partial charge in [-0.1, -0.05) is 13.8 Å². The summed E-state index contributed by atoms with van der Waals surface area (Å²) >= 11 is 0. The Morgan fingerprint density at radius 3 is 1.05 bits per heavy atom. The number of ketones is 2. The quantitative estimate of drug-likeness (QED) is 0.0601. The fourth-order valence-corrected chi connectivity index (χ4v) is 4.19. The van der Waals surface area contributed by atoms with Gasteiger partial charge in [-0.3, -0.25) is 9.59 Å². The average Bonchev–Trinajstić information content (AvgIpc) is 3.04. The van der Waals surface area contributed by atoms with E-state index in [4.69, 9.17) is 18.9 Å². The van der Waals surface area contributed by atoms with Crippen LogP contribution in [0.15, 0.2) is 97.1 Å². The van der Waals surface area contributed by atoms with Gasteiger partial charge >= 0.3 is 11.9 Å². The highest BCUT2D eigenvalue weighted by atomic mass is 16.5. The van der Waals surface area contributed by atoms with E-state index in [2.05, 4.69) is 0 Å².